The third-order valence-corrected chi connectivity index (χ3v) is 7.93. The van der Waals surface area contributed by atoms with Crippen molar-refractivity contribution >= 4 is 23.9 Å². The molecule has 1 fully saturated rings. The number of nitrogens with zero attached hydrogens (tertiary/aromatic N) is 1. The Morgan fingerprint density at radius 2 is 1.55 bits per heavy atom. The van der Waals surface area contributed by atoms with Gasteiger partial charge < -0.3 is 30.1 Å². The van der Waals surface area contributed by atoms with Crippen LogP contribution in [0.5, 0.6) is 0 Å². The van der Waals surface area contributed by atoms with Crippen LogP contribution in [0.1, 0.15) is 57.6 Å². The van der Waals surface area contributed by atoms with Gasteiger partial charge in [-0.05, 0) is 40.5 Å². The molecule has 1 heterocycles. The van der Waals surface area contributed by atoms with E-state index in [-0.39, 0.29) is 37.3 Å². The maximum absolute atomic E-state index is 13.5. The van der Waals surface area contributed by atoms with Crippen LogP contribution in [0, 0.1) is 11.8 Å². The molecule has 42 heavy (non-hydrogen) atoms. The Kier molecular flexibility index (Phi) is 9.88. The van der Waals surface area contributed by atoms with Gasteiger partial charge in [-0.15, -0.1) is 0 Å². The number of benzene rings is 2. The first kappa shape index (κ1) is 31.0. The van der Waals surface area contributed by atoms with Crippen molar-refractivity contribution in [2.24, 2.45) is 11.8 Å². The largest absolute Gasteiger partial charge is 0.467 e. The summed E-state index contributed by atoms with van der Waals surface area (Å²) in [5, 5.41) is 15.6. The first-order valence-corrected chi connectivity index (χ1v) is 14.5. The summed E-state index contributed by atoms with van der Waals surface area (Å²) < 4.78 is 10.5. The number of likely N-dealkylation sites (tertiary alicyclic amines) is 1. The second-order valence-corrected chi connectivity index (χ2v) is 11.8. The van der Waals surface area contributed by atoms with E-state index in [0.29, 0.717) is 6.42 Å². The molecular weight excluding hydrogens is 538 g/mol. The van der Waals surface area contributed by atoms with Crippen LogP contribution in [0.2, 0.25) is 0 Å². The number of hydrogen-bond acceptors (Lipinski definition) is 7. The van der Waals surface area contributed by atoms with Gasteiger partial charge in [0, 0.05) is 18.9 Å². The number of ether oxygens (including phenoxy) is 2. The molecule has 3 amide bonds. The number of nitrogens with one attached hydrogen (secondary N) is 2. The number of amides is 3. The Morgan fingerprint density at radius 3 is 2.10 bits per heavy atom. The quantitative estimate of drug-likeness (QED) is 0.368. The zero-order chi connectivity index (χ0) is 30.6. The highest BCUT2D eigenvalue weighted by Gasteiger charge is 2.43. The van der Waals surface area contributed by atoms with E-state index in [4.69, 9.17) is 9.47 Å². The van der Waals surface area contributed by atoms with Crippen LogP contribution in [0.15, 0.2) is 48.5 Å². The van der Waals surface area contributed by atoms with Crippen LogP contribution >= 0.6 is 0 Å². The molecule has 2 aliphatic rings. The van der Waals surface area contributed by atoms with Gasteiger partial charge in [0.15, 0.2) is 0 Å². The predicted molar refractivity (Wildman–Crippen MR) is 156 cm³/mol. The highest BCUT2D eigenvalue weighted by molar-refractivity contribution is 5.93. The molecule has 3 N–H and O–H groups in total. The molecule has 1 aliphatic carbocycles. The number of methoxy groups -OCH3 is 1. The maximum atomic E-state index is 13.5. The molecular formula is C32H41N3O7. The maximum Gasteiger partial charge on any atom is 0.407 e. The lowest BCUT2D eigenvalue weighted by Gasteiger charge is -2.31. The van der Waals surface area contributed by atoms with E-state index in [1.54, 1.807) is 13.8 Å². The summed E-state index contributed by atoms with van der Waals surface area (Å²) in [5.74, 6) is -2.04. The number of β-amino-alcohol motifs (C(OH)–C–C–N with tert-alkyl or cyclic N) is 1. The van der Waals surface area contributed by atoms with E-state index < -0.39 is 48.1 Å². The van der Waals surface area contributed by atoms with E-state index in [1.807, 2.05) is 50.2 Å². The molecule has 2 aromatic carbocycles. The van der Waals surface area contributed by atoms with Gasteiger partial charge in [0.2, 0.25) is 11.8 Å². The average Bonchev–Trinajstić information content (AvgIpc) is 3.51. The molecule has 0 aromatic heterocycles. The van der Waals surface area contributed by atoms with E-state index >= 15 is 0 Å². The molecule has 0 saturated carbocycles. The molecule has 0 spiro atoms. The minimum Gasteiger partial charge on any atom is -0.467 e. The van der Waals surface area contributed by atoms with Gasteiger partial charge in [0.05, 0.1) is 13.2 Å². The summed E-state index contributed by atoms with van der Waals surface area (Å²) in [6, 6.07) is 13.2. The molecule has 0 bridgehead atoms. The molecule has 1 aliphatic heterocycles. The third kappa shape index (κ3) is 6.75. The van der Waals surface area contributed by atoms with Gasteiger partial charge in [-0.25, -0.2) is 9.59 Å². The number of carbonyl (C=O) groups excluding carboxylic acids is 4. The van der Waals surface area contributed by atoms with Crippen LogP contribution in [0.4, 0.5) is 4.79 Å². The predicted octanol–water partition coefficient (Wildman–Crippen LogP) is 3.22. The Morgan fingerprint density at radius 1 is 0.952 bits per heavy atom. The van der Waals surface area contributed by atoms with Gasteiger partial charge >= 0.3 is 12.1 Å². The molecule has 10 nitrogen and oxygen atoms in total. The van der Waals surface area contributed by atoms with Gasteiger partial charge in [-0.3, -0.25) is 9.59 Å². The Bertz CT molecular complexity index is 1270. The standard InChI is InChI=1S/C32H41N3O7/c1-18(2)14-26(29(37)34-28(19(3)4)30(38)35-16-20(36)15-27(35)31(39)41-5)33-32(40)42-17-25-23-12-8-6-10-21(23)22-11-7-9-13-24(22)25/h6-13,18-20,25-28,36H,14-17H2,1-5H3,(H,33,40)(H,34,37). The fourth-order valence-electron chi connectivity index (χ4n) is 5.85. The number of hydrogen-bond donors (Lipinski definition) is 3. The van der Waals surface area contributed by atoms with Crippen LogP contribution in [-0.2, 0) is 23.9 Å². The highest BCUT2D eigenvalue weighted by atomic mass is 16.5. The second-order valence-electron chi connectivity index (χ2n) is 11.8. The molecule has 4 rings (SSSR count). The fraction of sp³-hybridized carbons (Fsp3) is 0.500. The Hall–Kier alpha value is -3.92. The van der Waals surface area contributed by atoms with Crippen LogP contribution < -0.4 is 10.6 Å². The minimum absolute atomic E-state index is 0.0366. The molecule has 2 aromatic rings. The molecule has 226 valence electrons. The van der Waals surface area contributed by atoms with Crippen LogP contribution in [0.25, 0.3) is 11.1 Å². The molecule has 4 unspecified atom stereocenters. The van der Waals surface area contributed by atoms with E-state index in [9.17, 15) is 24.3 Å². The number of aliphatic hydroxyl groups excluding tert-OH is 1. The number of alkyl carbamates (subject to hydrolysis) is 1. The number of esters is 1. The second kappa shape index (κ2) is 13.4. The smallest absolute Gasteiger partial charge is 0.407 e. The van der Waals surface area contributed by atoms with Gasteiger partial charge in [-0.1, -0.05) is 76.2 Å². The van der Waals surface area contributed by atoms with Crippen molar-refractivity contribution in [2.75, 3.05) is 20.3 Å². The normalized spacial score (nSPS) is 19.2. The zero-order valence-corrected chi connectivity index (χ0v) is 24.8. The van der Waals surface area contributed by atoms with Crippen molar-refractivity contribution in [3.63, 3.8) is 0 Å². The topological polar surface area (TPSA) is 134 Å². The summed E-state index contributed by atoms with van der Waals surface area (Å²) in [4.78, 5) is 53.5. The van der Waals surface area contributed by atoms with Crippen molar-refractivity contribution < 1.29 is 33.8 Å². The van der Waals surface area contributed by atoms with Crippen LogP contribution in [0.3, 0.4) is 0 Å². The van der Waals surface area contributed by atoms with Crippen molar-refractivity contribution in [1.29, 1.82) is 0 Å². The van der Waals surface area contributed by atoms with Crippen molar-refractivity contribution in [2.45, 2.75) is 70.7 Å². The van der Waals surface area contributed by atoms with E-state index in [2.05, 4.69) is 22.8 Å². The summed E-state index contributed by atoms with van der Waals surface area (Å²) in [7, 11) is 1.23. The Balaban J connectivity index is 1.43. The summed E-state index contributed by atoms with van der Waals surface area (Å²) in [6.45, 7) is 7.48. The summed E-state index contributed by atoms with van der Waals surface area (Å²) >= 11 is 0. The first-order chi connectivity index (χ1) is 20.0. The molecule has 0 radical (unpaired) electrons. The van der Waals surface area contributed by atoms with Gasteiger partial charge in [-0.2, -0.15) is 0 Å². The monoisotopic (exact) mass is 579 g/mol. The van der Waals surface area contributed by atoms with E-state index in [0.717, 1.165) is 22.3 Å². The summed E-state index contributed by atoms with van der Waals surface area (Å²) in [6.07, 6.45) is -1.21. The molecule has 4 atom stereocenters. The Labute approximate surface area is 246 Å². The fourth-order valence-corrected chi connectivity index (χ4v) is 5.85. The van der Waals surface area contributed by atoms with Crippen molar-refractivity contribution in [1.82, 2.24) is 15.5 Å². The highest BCUT2D eigenvalue weighted by Crippen LogP contribution is 2.44. The number of fused-ring (bicyclic) bond motifs is 3. The molecule has 10 heteroatoms. The van der Waals surface area contributed by atoms with Crippen LogP contribution in [-0.4, -0.2) is 78.4 Å². The third-order valence-electron chi connectivity index (χ3n) is 7.93. The van der Waals surface area contributed by atoms with Crippen molar-refractivity contribution in [3.8, 4) is 11.1 Å². The minimum atomic E-state index is -0.978. The number of carbonyl (C=O) groups is 4. The zero-order valence-electron chi connectivity index (χ0n) is 24.8. The SMILES string of the molecule is COC(=O)C1CC(O)CN1C(=O)C(NC(=O)C(CC(C)C)NC(=O)OCC1c2ccccc2-c2ccccc21)C(C)C. The number of aliphatic hydroxyl groups is 1. The van der Waals surface area contributed by atoms with Gasteiger partial charge in [0.1, 0.15) is 24.7 Å². The lowest BCUT2D eigenvalue weighted by molar-refractivity contribution is -0.152. The van der Waals surface area contributed by atoms with Gasteiger partial charge in [0.25, 0.3) is 0 Å². The van der Waals surface area contributed by atoms with Crippen molar-refractivity contribution in [3.05, 3.63) is 59.7 Å². The molecule has 1 saturated heterocycles. The first-order valence-electron chi connectivity index (χ1n) is 14.5. The van der Waals surface area contributed by atoms with E-state index in [1.165, 1.54) is 12.0 Å². The average molecular weight is 580 g/mol. The lowest BCUT2D eigenvalue weighted by Crippen LogP contribution is -2.57. The number of rotatable bonds is 10. The summed E-state index contributed by atoms with van der Waals surface area (Å²) in [5.41, 5.74) is 4.39. The lowest BCUT2D eigenvalue weighted by atomic mass is 9.98.